The predicted molar refractivity (Wildman–Crippen MR) is 69.5 cm³/mol. The zero-order valence-corrected chi connectivity index (χ0v) is 10.4. The predicted octanol–water partition coefficient (Wildman–Crippen LogP) is 3.59. The molecule has 17 heavy (non-hydrogen) atoms. The highest BCUT2D eigenvalue weighted by Gasteiger charge is 1.99. The summed E-state index contributed by atoms with van der Waals surface area (Å²) in [6, 6.07) is 9.93. The van der Waals surface area contributed by atoms with Crippen LogP contribution in [0.1, 0.15) is 32.3 Å². The van der Waals surface area contributed by atoms with Gasteiger partial charge in [-0.15, -0.1) is 5.73 Å². The summed E-state index contributed by atoms with van der Waals surface area (Å²) in [6.07, 6.45) is 3.19. The van der Waals surface area contributed by atoms with Crippen LogP contribution in [0.2, 0.25) is 0 Å². The lowest BCUT2D eigenvalue weighted by Gasteiger charge is -2.01. The molecular formula is C15H18O2. The molecule has 0 fully saturated rings. The van der Waals surface area contributed by atoms with Crippen LogP contribution in [0.15, 0.2) is 41.6 Å². The topological polar surface area (TPSA) is 26.3 Å². The molecule has 0 unspecified atom stereocenters. The van der Waals surface area contributed by atoms with Gasteiger partial charge >= 0.3 is 5.97 Å². The fourth-order valence-corrected chi connectivity index (χ4v) is 1.26. The Morgan fingerprint density at radius 2 is 2.06 bits per heavy atom. The average molecular weight is 230 g/mol. The van der Waals surface area contributed by atoms with Gasteiger partial charge in [0.05, 0.1) is 0 Å². The Bertz CT molecular complexity index is 412. The molecule has 0 radical (unpaired) electrons. The summed E-state index contributed by atoms with van der Waals surface area (Å²) in [5.41, 5.74) is 5.12. The van der Waals surface area contributed by atoms with Crippen LogP contribution >= 0.6 is 0 Å². The highest BCUT2D eigenvalue weighted by atomic mass is 16.5. The summed E-state index contributed by atoms with van der Waals surface area (Å²) in [4.78, 5) is 11.1. The summed E-state index contributed by atoms with van der Waals surface area (Å²) >= 11 is 0. The Morgan fingerprint density at radius 3 is 2.71 bits per heavy atom. The van der Waals surface area contributed by atoms with Gasteiger partial charge in [-0.05, 0) is 25.0 Å². The van der Waals surface area contributed by atoms with Crippen molar-refractivity contribution >= 4 is 12.0 Å². The normalized spacial score (nSPS) is 9.29. The SMILES string of the molecule is CCCC(=O)OCC(C)=C=Cc1ccccc1. The lowest BCUT2D eigenvalue weighted by molar-refractivity contribution is -0.142. The maximum Gasteiger partial charge on any atom is 0.306 e. The van der Waals surface area contributed by atoms with Crippen molar-refractivity contribution in [3.63, 3.8) is 0 Å². The van der Waals surface area contributed by atoms with E-state index in [1.165, 1.54) is 0 Å². The number of carbonyl (C=O) groups excluding carboxylic acids is 1. The first-order valence-corrected chi connectivity index (χ1v) is 5.85. The van der Waals surface area contributed by atoms with E-state index in [0.29, 0.717) is 13.0 Å². The van der Waals surface area contributed by atoms with Gasteiger partial charge in [-0.3, -0.25) is 4.79 Å². The van der Waals surface area contributed by atoms with Crippen LogP contribution in [0.4, 0.5) is 0 Å². The van der Waals surface area contributed by atoms with Gasteiger partial charge in [-0.1, -0.05) is 37.3 Å². The zero-order chi connectivity index (χ0) is 12.5. The highest BCUT2D eigenvalue weighted by molar-refractivity contribution is 5.69. The third kappa shape index (κ3) is 5.74. The van der Waals surface area contributed by atoms with Gasteiger partial charge in [-0.2, -0.15) is 0 Å². The molecule has 1 aromatic rings. The van der Waals surface area contributed by atoms with E-state index in [1.807, 2.05) is 50.3 Å². The number of esters is 1. The van der Waals surface area contributed by atoms with E-state index in [-0.39, 0.29) is 5.97 Å². The smallest absolute Gasteiger partial charge is 0.306 e. The summed E-state index contributed by atoms with van der Waals surface area (Å²) < 4.78 is 5.07. The van der Waals surface area contributed by atoms with Gasteiger partial charge in [0.2, 0.25) is 0 Å². The van der Waals surface area contributed by atoms with E-state index in [4.69, 9.17) is 4.74 Å². The second-order valence-corrected chi connectivity index (χ2v) is 3.89. The Hall–Kier alpha value is -1.79. The van der Waals surface area contributed by atoms with E-state index in [2.05, 4.69) is 5.73 Å². The van der Waals surface area contributed by atoms with Crippen LogP contribution in [-0.2, 0) is 9.53 Å². The van der Waals surface area contributed by atoms with Gasteiger partial charge < -0.3 is 4.74 Å². The van der Waals surface area contributed by atoms with E-state index in [9.17, 15) is 4.79 Å². The maximum atomic E-state index is 11.1. The van der Waals surface area contributed by atoms with Crippen LogP contribution in [0.5, 0.6) is 0 Å². The molecule has 0 spiro atoms. The minimum absolute atomic E-state index is 0.145. The standard InChI is InChI=1S/C15H18O2/c1-3-7-15(16)17-12-13(2)10-11-14-8-5-4-6-9-14/h4-6,8-9,11H,3,7,12H2,1-2H3. The summed E-state index contributed by atoms with van der Waals surface area (Å²) in [6.45, 7) is 4.18. The molecule has 0 heterocycles. The van der Waals surface area contributed by atoms with Crippen LogP contribution in [0, 0.1) is 0 Å². The quantitative estimate of drug-likeness (QED) is 0.570. The first-order valence-electron chi connectivity index (χ1n) is 5.85. The van der Waals surface area contributed by atoms with E-state index >= 15 is 0 Å². The molecule has 0 bridgehead atoms. The van der Waals surface area contributed by atoms with Crippen molar-refractivity contribution in [2.45, 2.75) is 26.7 Å². The maximum absolute atomic E-state index is 11.1. The molecule has 90 valence electrons. The van der Waals surface area contributed by atoms with Crippen molar-refractivity contribution < 1.29 is 9.53 Å². The van der Waals surface area contributed by atoms with Gasteiger partial charge in [0.25, 0.3) is 0 Å². The molecule has 0 N–H and O–H groups in total. The van der Waals surface area contributed by atoms with Crippen molar-refractivity contribution in [1.29, 1.82) is 0 Å². The molecular weight excluding hydrogens is 212 g/mol. The Morgan fingerprint density at radius 1 is 1.35 bits per heavy atom. The Labute approximate surface area is 103 Å². The molecule has 2 heteroatoms. The van der Waals surface area contributed by atoms with Crippen molar-refractivity contribution in [2.75, 3.05) is 6.61 Å². The molecule has 0 aliphatic rings. The van der Waals surface area contributed by atoms with Crippen molar-refractivity contribution in [2.24, 2.45) is 0 Å². The molecule has 0 saturated heterocycles. The first kappa shape index (κ1) is 13.3. The third-order valence-electron chi connectivity index (χ3n) is 2.19. The number of carbonyl (C=O) groups is 1. The minimum atomic E-state index is -0.145. The Kier molecular flexibility index (Phi) is 5.84. The van der Waals surface area contributed by atoms with E-state index < -0.39 is 0 Å². The average Bonchev–Trinajstić information content (AvgIpc) is 2.35. The summed E-state index contributed by atoms with van der Waals surface area (Å²) in [7, 11) is 0. The monoisotopic (exact) mass is 230 g/mol. The number of benzene rings is 1. The van der Waals surface area contributed by atoms with Gasteiger partial charge in [0.1, 0.15) is 6.61 Å². The van der Waals surface area contributed by atoms with E-state index in [0.717, 1.165) is 17.6 Å². The lowest BCUT2D eigenvalue weighted by atomic mass is 10.2. The molecule has 1 rings (SSSR count). The number of hydrogen-bond donors (Lipinski definition) is 0. The molecule has 0 aliphatic heterocycles. The van der Waals surface area contributed by atoms with Crippen molar-refractivity contribution in [1.82, 2.24) is 0 Å². The third-order valence-corrected chi connectivity index (χ3v) is 2.19. The van der Waals surface area contributed by atoms with Crippen molar-refractivity contribution in [3.8, 4) is 0 Å². The number of rotatable bonds is 5. The number of ether oxygens (including phenoxy) is 1. The molecule has 0 amide bonds. The van der Waals surface area contributed by atoms with Gasteiger partial charge in [0.15, 0.2) is 0 Å². The number of hydrogen-bond acceptors (Lipinski definition) is 2. The summed E-state index contributed by atoms with van der Waals surface area (Å²) in [5.74, 6) is -0.145. The molecule has 0 aromatic heterocycles. The zero-order valence-electron chi connectivity index (χ0n) is 10.4. The highest BCUT2D eigenvalue weighted by Crippen LogP contribution is 2.02. The molecule has 0 aliphatic carbocycles. The van der Waals surface area contributed by atoms with Crippen LogP contribution < -0.4 is 0 Å². The second kappa shape index (κ2) is 7.48. The molecule has 0 atom stereocenters. The van der Waals surface area contributed by atoms with Gasteiger partial charge in [-0.25, -0.2) is 0 Å². The second-order valence-electron chi connectivity index (χ2n) is 3.89. The fraction of sp³-hybridized carbons (Fsp3) is 0.333. The van der Waals surface area contributed by atoms with Crippen LogP contribution in [-0.4, -0.2) is 12.6 Å². The van der Waals surface area contributed by atoms with Crippen LogP contribution in [0.25, 0.3) is 6.08 Å². The fourth-order valence-electron chi connectivity index (χ4n) is 1.26. The molecule has 1 aromatic carbocycles. The van der Waals surface area contributed by atoms with Crippen molar-refractivity contribution in [3.05, 3.63) is 47.2 Å². The Balaban J connectivity index is 2.49. The van der Waals surface area contributed by atoms with E-state index in [1.54, 1.807) is 0 Å². The van der Waals surface area contributed by atoms with Gasteiger partial charge in [0, 0.05) is 12.0 Å². The van der Waals surface area contributed by atoms with Crippen LogP contribution in [0.3, 0.4) is 0 Å². The minimum Gasteiger partial charge on any atom is -0.460 e. The lowest BCUT2D eigenvalue weighted by Crippen LogP contribution is -2.05. The summed E-state index contributed by atoms with van der Waals surface area (Å²) in [5, 5.41) is 0. The first-order chi connectivity index (χ1) is 8.22. The molecule has 0 saturated carbocycles. The molecule has 2 nitrogen and oxygen atoms in total. The largest absolute Gasteiger partial charge is 0.460 e.